The highest BCUT2D eigenvalue weighted by Crippen LogP contribution is 2.22. The molecule has 1 aromatic heterocycles. The van der Waals surface area contributed by atoms with Gasteiger partial charge in [0, 0.05) is 54.5 Å². The topological polar surface area (TPSA) is 106 Å². The van der Waals surface area contributed by atoms with Gasteiger partial charge in [-0.15, -0.1) is 13.2 Å². The second-order valence-corrected chi connectivity index (χ2v) is 10.5. The van der Waals surface area contributed by atoms with Crippen molar-refractivity contribution in [3.05, 3.63) is 128 Å². The third-order valence-electron chi connectivity index (χ3n) is 7.24. The number of nitrogens with zero attached hydrogens (tertiary/aromatic N) is 5. The van der Waals surface area contributed by atoms with Gasteiger partial charge in [0.15, 0.2) is 0 Å². The number of rotatable bonds is 13. The number of piperidine rings is 1. The minimum absolute atomic E-state index is 0.484. The van der Waals surface area contributed by atoms with E-state index in [9.17, 15) is 0 Å². The summed E-state index contributed by atoms with van der Waals surface area (Å²) in [6, 6.07) is 23.0. The van der Waals surface area contributed by atoms with Gasteiger partial charge in [-0.2, -0.15) is 0 Å². The van der Waals surface area contributed by atoms with Crippen LogP contribution >= 0.6 is 0 Å². The lowest BCUT2D eigenvalue weighted by Crippen LogP contribution is -2.42. The number of amidine groups is 1. The van der Waals surface area contributed by atoms with Crippen molar-refractivity contribution in [2.45, 2.75) is 25.4 Å². The Morgan fingerprint density at radius 3 is 2.28 bits per heavy atom. The molecule has 2 aromatic carbocycles. The third-order valence-corrected chi connectivity index (χ3v) is 7.24. The van der Waals surface area contributed by atoms with Crippen LogP contribution in [0.25, 0.3) is 0 Å². The van der Waals surface area contributed by atoms with E-state index < -0.39 is 0 Å². The first-order valence-electron chi connectivity index (χ1n) is 15.3. The zero-order valence-electron chi connectivity index (χ0n) is 27.8. The largest absolute Gasteiger partial charge is 0.381 e. The molecule has 0 saturated carbocycles. The summed E-state index contributed by atoms with van der Waals surface area (Å²) in [7, 11) is 5.82. The summed E-state index contributed by atoms with van der Waals surface area (Å²) in [5.41, 5.74) is 9.94. The molecule has 9 heteroatoms. The Kier molecular flexibility index (Phi) is 16.9. The van der Waals surface area contributed by atoms with Crippen LogP contribution in [-0.4, -0.2) is 69.3 Å². The Balaban J connectivity index is 0.00000177. The van der Waals surface area contributed by atoms with Crippen LogP contribution in [0, 0.1) is 0 Å². The maximum atomic E-state index is 4.96. The van der Waals surface area contributed by atoms with Gasteiger partial charge < -0.3 is 31.5 Å². The van der Waals surface area contributed by atoms with Crippen LogP contribution in [0.4, 0.5) is 22.9 Å². The minimum Gasteiger partial charge on any atom is -0.381 e. The SMILES string of the molecule is C=C.C=CC(=C)Nc1cccc(NC/C(=C/N=C)C(=NCc2ccccc2)Nc2ccc(N3CCC(N(C)C)CC3)nc2)c1.CN. The van der Waals surface area contributed by atoms with Gasteiger partial charge in [-0.25, -0.2) is 4.98 Å². The lowest BCUT2D eigenvalue weighted by molar-refractivity contribution is 0.249. The van der Waals surface area contributed by atoms with Gasteiger partial charge in [-0.1, -0.05) is 49.6 Å². The highest BCUT2D eigenvalue weighted by molar-refractivity contribution is 6.08. The molecule has 1 fully saturated rings. The molecule has 0 unspecified atom stereocenters. The molecule has 0 bridgehead atoms. The van der Waals surface area contributed by atoms with Gasteiger partial charge in [0.1, 0.15) is 11.7 Å². The number of benzene rings is 2. The van der Waals surface area contributed by atoms with Gasteiger partial charge in [0.25, 0.3) is 0 Å². The number of anilines is 4. The van der Waals surface area contributed by atoms with Crippen molar-refractivity contribution < 1.29 is 0 Å². The van der Waals surface area contributed by atoms with E-state index in [1.807, 2.05) is 48.7 Å². The molecule has 2 heterocycles. The molecule has 0 aliphatic carbocycles. The zero-order chi connectivity index (χ0) is 33.7. The van der Waals surface area contributed by atoms with Crippen molar-refractivity contribution in [2.75, 3.05) is 61.6 Å². The molecule has 244 valence electrons. The van der Waals surface area contributed by atoms with E-state index in [0.717, 1.165) is 65.6 Å². The Morgan fingerprint density at radius 2 is 1.67 bits per heavy atom. The van der Waals surface area contributed by atoms with Crippen molar-refractivity contribution in [3.8, 4) is 0 Å². The quantitative estimate of drug-likeness (QED) is 0.0719. The molecular formula is C37H51N9. The summed E-state index contributed by atoms with van der Waals surface area (Å²) in [5.74, 6) is 1.70. The molecule has 0 amide bonds. The van der Waals surface area contributed by atoms with Gasteiger partial charge in [0.2, 0.25) is 0 Å². The summed E-state index contributed by atoms with van der Waals surface area (Å²) in [4.78, 5) is 18.5. The fraction of sp³-hybridized carbons (Fsp3) is 0.270. The first-order chi connectivity index (χ1) is 22.4. The van der Waals surface area contributed by atoms with E-state index in [4.69, 9.17) is 9.98 Å². The van der Waals surface area contributed by atoms with Crippen molar-refractivity contribution in [3.63, 3.8) is 0 Å². The Bertz CT molecular complexity index is 1400. The number of aliphatic imine (C=N–C) groups is 2. The number of aromatic nitrogens is 1. The first-order valence-corrected chi connectivity index (χ1v) is 15.3. The lowest BCUT2D eigenvalue weighted by atomic mass is 10.0. The molecule has 9 nitrogen and oxygen atoms in total. The molecule has 46 heavy (non-hydrogen) atoms. The molecule has 1 saturated heterocycles. The van der Waals surface area contributed by atoms with Crippen molar-refractivity contribution in [2.24, 2.45) is 15.7 Å². The Morgan fingerprint density at radius 1 is 0.978 bits per heavy atom. The predicted octanol–water partition coefficient (Wildman–Crippen LogP) is 6.81. The fourth-order valence-electron chi connectivity index (χ4n) is 4.81. The minimum atomic E-state index is 0.484. The third kappa shape index (κ3) is 12.2. The van der Waals surface area contributed by atoms with Crippen molar-refractivity contribution >= 4 is 35.4 Å². The maximum absolute atomic E-state index is 4.96. The highest BCUT2D eigenvalue weighted by Gasteiger charge is 2.21. The first kappa shape index (κ1) is 37.2. The number of nitrogens with one attached hydrogen (secondary N) is 3. The second kappa shape index (κ2) is 20.9. The van der Waals surface area contributed by atoms with Crippen molar-refractivity contribution in [1.29, 1.82) is 0 Å². The van der Waals surface area contributed by atoms with Crippen LogP contribution < -0.4 is 26.6 Å². The normalized spacial score (nSPS) is 13.4. The van der Waals surface area contributed by atoms with Gasteiger partial charge in [-0.05, 0) is 82.7 Å². The van der Waals surface area contributed by atoms with E-state index in [2.05, 4.69) is 108 Å². The molecular weight excluding hydrogens is 570 g/mol. The van der Waals surface area contributed by atoms with Gasteiger partial charge in [-0.3, -0.25) is 9.98 Å². The van der Waals surface area contributed by atoms with E-state index in [0.29, 0.717) is 25.0 Å². The summed E-state index contributed by atoms with van der Waals surface area (Å²) in [6.07, 6.45) is 7.58. The monoisotopic (exact) mass is 621 g/mol. The van der Waals surface area contributed by atoms with Crippen LogP contribution in [0.15, 0.2) is 133 Å². The van der Waals surface area contributed by atoms with Crippen LogP contribution in [0.3, 0.4) is 0 Å². The van der Waals surface area contributed by atoms with Crippen LogP contribution in [0.5, 0.6) is 0 Å². The van der Waals surface area contributed by atoms with E-state index in [1.165, 1.54) is 7.05 Å². The van der Waals surface area contributed by atoms with Crippen LogP contribution in [0.1, 0.15) is 18.4 Å². The van der Waals surface area contributed by atoms with E-state index >= 15 is 0 Å². The average molecular weight is 622 g/mol. The van der Waals surface area contributed by atoms with E-state index in [1.54, 1.807) is 12.3 Å². The smallest absolute Gasteiger partial charge is 0.132 e. The van der Waals surface area contributed by atoms with Gasteiger partial charge in [0.05, 0.1) is 18.4 Å². The highest BCUT2D eigenvalue weighted by atomic mass is 15.2. The van der Waals surface area contributed by atoms with E-state index in [-0.39, 0.29) is 0 Å². The molecule has 4 rings (SSSR count). The molecule has 1 aliphatic heterocycles. The summed E-state index contributed by atoms with van der Waals surface area (Å²) in [6.45, 7) is 20.4. The predicted molar refractivity (Wildman–Crippen MR) is 201 cm³/mol. The second-order valence-electron chi connectivity index (χ2n) is 10.5. The lowest BCUT2D eigenvalue weighted by Gasteiger charge is -2.35. The summed E-state index contributed by atoms with van der Waals surface area (Å²) >= 11 is 0. The number of hydrogen-bond acceptors (Lipinski definition) is 8. The summed E-state index contributed by atoms with van der Waals surface area (Å²) in [5, 5.41) is 10.2. The Labute approximate surface area is 276 Å². The summed E-state index contributed by atoms with van der Waals surface area (Å²) < 4.78 is 0. The molecule has 1 aliphatic rings. The van der Waals surface area contributed by atoms with Gasteiger partial charge >= 0.3 is 0 Å². The fourth-order valence-corrected chi connectivity index (χ4v) is 4.81. The van der Waals surface area contributed by atoms with Crippen molar-refractivity contribution in [1.82, 2.24) is 9.88 Å². The maximum Gasteiger partial charge on any atom is 0.132 e. The average Bonchev–Trinajstić information content (AvgIpc) is 3.11. The zero-order valence-corrected chi connectivity index (χ0v) is 27.8. The number of nitrogens with two attached hydrogens (primary N) is 1. The molecule has 3 aromatic rings. The molecule has 0 spiro atoms. The molecule has 0 atom stereocenters. The number of pyridine rings is 1. The molecule has 5 N–H and O–H groups in total. The number of hydrogen-bond donors (Lipinski definition) is 4. The van der Waals surface area contributed by atoms with Crippen LogP contribution in [0.2, 0.25) is 0 Å². The molecule has 0 radical (unpaired) electrons. The standard InChI is InChI=1S/C34H42N8.C2H4.CH5N/c1-6-26(2)39-30-14-10-13-29(21-30)36-24-28(23-35-3)34(38-22-27-11-8-7-9-12-27)40-31-15-16-33(37-25-31)42-19-17-32(18-20-42)41(4)5;2*1-2/h6-16,21,23,25,32,36,39H,1-3,17-20,22,24H2,4-5H3,(H,38,40);1-2H2;2H2,1H3/b28-23-;;. The Hall–Kier alpha value is -4.99. The van der Waals surface area contributed by atoms with Crippen LogP contribution in [-0.2, 0) is 6.54 Å². The number of allylic oxidation sites excluding steroid dienone is 1.